The Labute approximate surface area is 177 Å². The predicted molar refractivity (Wildman–Crippen MR) is 111 cm³/mol. The van der Waals surface area contributed by atoms with Crippen molar-refractivity contribution in [2.45, 2.75) is 30.6 Å². The molecule has 0 bridgehead atoms. The van der Waals surface area contributed by atoms with Gasteiger partial charge in [0.2, 0.25) is 10.0 Å². The van der Waals surface area contributed by atoms with E-state index in [2.05, 4.69) is 5.32 Å². The molecule has 3 fully saturated rings. The number of morpholine rings is 1. The summed E-state index contributed by atoms with van der Waals surface area (Å²) in [6.45, 7) is 4.71. The molecule has 29 heavy (non-hydrogen) atoms. The molecule has 1 amide bonds. The highest BCUT2D eigenvalue weighted by Crippen LogP contribution is 2.37. The summed E-state index contributed by atoms with van der Waals surface area (Å²) in [6.07, 6.45) is 4.30. The van der Waals surface area contributed by atoms with Gasteiger partial charge in [-0.15, -0.1) is 0 Å². The summed E-state index contributed by atoms with van der Waals surface area (Å²) in [4.78, 5) is 15.3. The fraction of sp³-hybridized carbons (Fsp3) is 0.650. The van der Waals surface area contributed by atoms with Crippen LogP contribution in [0.5, 0.6) is 0 Å². The van der Waals surface area contributed by atoms with Crippen molar-refractivity contribution in [3.05, 3.63) is 28.8 Å². The molecular weight excluding hydrogens is 414 g/mol. The molecule has 7 nitrogen and oxygen atoms in total. The van der Waals surface area contributed by atoms with Gasteiger partial charge in [-0.05, 0) is 50.4 Å². The van der Waals surface area contributed by atoms with Crippen LogP contribution in [0.3, 0.4) is 0 Å². The zero-order chi connectivity index (χ0) is 20.5. The molecule has 160 valence electrons. The van der Waals surface area contributed by atoms with Gasteiger partial charge in [0.25, 0.3) is 5.91 Å². The van der Waals surface area contributed by atoms with E-state index in [1.807, 2.05) is 4.90 Å². The number of halogens is 1. The van der Waals surface area contributed by atoms with Crippen LogP contribution in [0.2, 0.25) is 5.02 Å². The maximum absolute atomic E-state index is 13.3. The minimum atomic E-state index is -3.68. The van der Waals surface area contributed by atoms with Gasteiger partial charge in [0.1, 0.15) is 0 Å². The monoisotopic (exact) mass is 441 g/mol. The smallest absolute Gasteiger partial charge is 0.255 e. The van der Waals surface area contributed by atoms with Crippen LogP contribution in [0.1, 0.15) is 36.0 Å². The Morgan fingerprint density at radius 3 is 2.62 bits per heavy atom. The van der Waals surface area contributed by atoms with Crippen LogP contribution in [0.15, 0.2) is 23.1 Å². The number of sulfonamides is 1. The van der Waals surface area contributed by atoms with E-state index in [9.17, 15) is 13.2 Å². The first-order valence-corrected chi connectivity index (χ1v) is 12.1. The van der Waals surface area contributed by atoms with E-state index < -0.39 is 10.0 Å². The first-order chi connectivity index (χ1) is 13.9. The Morgan fingerprint density at radius 1 is 1.14 bits per heavy atom. The molecule has 9 heteroatoms. The number of piperidine rings is 2. The van der Waals surface area contributed by atoms with Gasteiger partial charge in [-0.2, -0.15) is 4.31 Å². The first kappa shape index (κ1) is 21.1. The van der Waals surface area contributed by atoms with E-state index in [4.69, 9.17) is 16.3 Å². The Hall–Kier alpha value is -1.19. The zero-order valence-corrected chi connectivity index (χ0v) is 18.1. The van der Waals surface area contributed by atoms with Gasteiger partial charge < -0.3 is 15.0 Å². The van der Waals surface area contributed by atoms with Crippen molar-refractivity contribution >= 4 is 27.5 Å². The summed E-state index contributed by atoms with van der Waals surface area (Å²) in [5, 5.41) is 3.75. The summed E-state index contributed by atoms with van der Waals surface area (Å²) in [5.74, 6) is -0.182. The third-order valence-electron chi connectivity index (χ3n) is 6.29. The number of ether oxygens (including phenoxy) is 1. The molecular formula is C20H28ClN3O4S. The van der Waals surface area contributed by atoms with Crippen LogP contribution in [0, 0.1) is 5.41 Å². The zero-order valence-electron chi connectivity index (χ0n) is 16.5. The molecule has 3 saturated heterocycles. The number of hydrogen-bond acceptors (Lipinski definition) is 5. The molecule has 0 aromatic heterocycles. The molecule has 1 spiro atoms. The van der Waals surface area contributed by atoms with E-state index >= 15 is 0 Å². The van der Waals surface area contributed by atoms with Crippen LogP contribution in [-0.2, 0) is 14.8 Å². The van der Waals surface area contributed by atoms with Crippen LogP contribution in [0.4, 0.5) is 0 Å². The lowest BCUT2D eigenvalue weighted by Crippen LogP contribution is -2.52. The number of carbonyl (C=O) groups excluding carboxylic acids is 1. The second kappa shape index (κ2) is 8.51. The van der Waals surface area contributed by atoms with Crippen LogP contribution in [0.25, 0.3) is 0 Å². The average molecular weight is 442 g/mol. The van der Waals surface area contributed by atoms with Crippen molar-refractivity contribution in [2.24, 2.45) is 5.41 Å². The highest BCUT2D eigenvalue weighted by Gasteiger charge is 2.38. The van der Waals surface area contributed by atoms with Crippen molar-refractivity contribution in [1.82, 2.24) is 14.5 Å². The Kier molecular flexibility index (Phi) is 6.18. The van der Waals surface area contributed by atoms with Crippen molar-refractivity contribution < 1.29 is 17.9 Å². The molecule has 0 aliphatic carbocycles. The molecule has 1 atom stereocenters. The number of nitrogens with zero attached hydrogens (tertiary/aromatic N) is 2. The first-order valence-electron chi connectivity index (χ1n) is 10.3. The third kappa shape index (κ3) is 4.32. The van der Waals surface area contributed by atoms with Gasteiger partial charge in [-0.25, -0.2) is 8.42 Å². The number of hydrogen-bond donors (Lipinski definition) is 1. The largest absolute Gasteiger partial charge is 0.379 e. The molecule has 3 aliphatic heterocycles. The maximum atomic E-state index is 13.3. The molecule has 4 rings (SSSR count). The minimum absolute atomic E-state index is 0.109. The lowest BCUT2D eigenvalue weighted by atomic mass is 9.74. The summed E-state index contributed by atoms with van der Waals surface area (Å²) in [5.41, 5.74) is 0.387. The summed E-state index contributed by atoms with van der Waals surface area (Å²) in [6, 6.07) is 4.44. The van der Waals surface area contributed by atoms with Gasteiger partial charge >= 0.3 is 0 Å². The van der Waals surface area contributed by atoms with Crippen LogP contribution >= 0.6 is 11.6 Å². The van der Waals surface area contributed by atoms with Crippen LogP contribution in [-0.4, -0.2) is 76.0 Å². The number of amides is 1. The lowest BCUT2D eigenvalue weighted by Gasteiger charge is -2.45. The minimum Gasteiger partial charge on any atom is -0.379 e. The fourth-order valence-electron chi connectivity index (χ4n) is 4.70. The summed E-state index contributed by atoms with van der Waals surface area (Å²) >= 11 is 6.34. The second-order valence-electron chi connectivity index (χ2n) is 8.27. The topological polar surface area (TPSA) is 79.0 Å². The van der Waals surface area contributed by atoms with E-state index in [1.165, 1.54) is 22.5 Å². The Morgan fingerprint density at radius 2 is 1.90 bits per heavy atom. The summed E-state index contributed by atoms with van der Waals surface area (Å²) < 4.78 is 32.6. The Balaban J connectivity index is 1.58. The lowest BCUT2D eigenvalue weighted by molar-refractivity contribution is 0.0434. The second-order valence-corrected chi connectivity index (χ2v) is 10.6. The van der Waals surface area contributed by atoms with Crippen molar-refractivity contribution in [3.8, 4) is 0 Å². The molecule has 0 saturated carbocycles. The molecule has 0 radical (unpaired) electrons. The number of benzene rings is 1. The number of likely N-dealkylation sites (tertiary alicyclic amines) is 1. The van der Waals surface area contributed by atoms with Gasteiger partial charge in [-0.1, -0.05) is 11.6 Å². The Bertz CT molecular complexity index is 859. The normalized spacial score (nSPS) is 26.6. The van der Waals surface area contributed by atoms with Crippen molar-refractivity contribution in [2.75, 3.05) is 52.5 Å². The quantitative estimate of drug-likeness (QED) is 0.775. The predicted octanol–water partition coefficient (Wildman–Crippen LogP) is 1.97. The number of carbonyl (C=O) groups is 1. The standard InChI is InChI=1S/C20H28ClN3O4S/c21-18-4-3-16(29(26,27)24-9-11-28-12-10-24)13-17(18)19(25)23-8-2-6-20(15-23)5-1-7-22-14-20/h3-4,13,22H,1-2,5-12,14-15H2. The van der Waals surface area contributed by atoms with Crippen LogP contribution < -0.4 is 5.32 Å². The summed E-state index contributed by atoms with van der Waals surface area (Å²) in [7, 11) is -3.68. The van der Waals surface area contributed by atoms with Gasteiger partial charge in [-0.3, -0.25) is 4.79 Å². The molecule has 1 aromatic carbocycles. The SMILES string of the molecule is O=C(c1cc(S(=O)(=O)N2CCOCC2)ccc1Cl)N1CCCC2(CCCNC2)C1. The van der Waals surface area contributed by atoms with E-state index in [0.29, 0.717) is 39.4 Å². The molecule has 1 unspecified atom stereocenters. The van der Waals surface area contributed by atoms with Crippen molar-refractivity contribution in [1.29, 1.82) is 0 Å². The average Bonchev–Trinajstić information content (AvgIpc) is 2.74. The molecule has 3 aliphatic rings. The third-order valence-corrected chi connectivity index (χ3v) is 8.51. The van der Waals surface area contributed by atoms with E-state index in [1.54, 1.807) is 0 Å². The maximum Gasteiger partial charge on any atom is 0.255 e. The van der Waals surface area contributed by atoms with Crippen molar-refractivity contribution in [3.63, 3.8) is 0 Å². The highest BCUT2D eigenvalue weighted by atomic mass is 35.5. The fourth-order valence-corrected chi connectivity index (χ4v) is 6.33. The van der Waals surface area contributed by atoms with Gasteiger partial charge in [0.05, 0.1) is 28.7 Å². The molecule has 1 aromatic rings. The van der Waals surface area contributed by atoms with E-state index in [0.717, 1.165) is 38.8 Å². The van der Waals surface area contributed by atoms with E-state index in [-0.39, 0.29) is 26.8 Å². The highest BCUT2D eigenvalue weighted by molar-refractivity contribution is 7.89. The molecule has 3 heterocycles. The van der Waals surface area contributed by atoms with Gasteiger partial charge in [0.15, 0.2) is 0 Å². The number of nitrogens with one attached hydrogen (secondary N) is 1. The van der Waals surface area contributed by atoms with Gasteiger partial charge in [0, 0.05) is 38.1 Å². The molecule has 1 N–H and O–H groups in total. The number of rotatable bonds is 3.